The van der Waals surface area contributed by atoms with Crippen molar-refractivity contribution in [1.82, 2.24) is 40.4 Å². The molecule has 67 heavy (non-hydrogen) atoms. The number of aromatic nitrogens is 8. The first-order valence-corrected chi connectivity index (χ1v) is 23.4. The van der Waals surface area contributed by atoms with Crippen molar-refractivity contribution in [2.24, 2.45) is 26.6 Å². The zero-order valence-corrected chi connectivity index (χ0v) is 44.4. The predicted octanol–water partition coefficient (Wildman–Crippen LogP) is 8.64. The van der Waals surface area contributed by atoms with Gasteiger partial charge in [0.25, 0.3) is 17.0 Å². The van der Waals surface area contributed by atoms with Crippen molar-refractivity contribution in [3.05, 3.63) is 11.6 Å². The summed E-state index contributed by atoms with van der Waals surface area (Å²) in [6.45, 7) is 41.8. The van der Waals surface area contributed by atoms with Crippen molar-refractivity contribution < 1.29 is 51.8 Å². The van der Waals surface area contributed by atoms with Crippen molar-refractivity contribution >= 4 is 48.0 Å². The van der Waals surface area contributed by atoms with E-state index in [1.54, 1.807) is 18.4 Å². The number of ketones is 2. The molecule has 0 bridgehead atoms. The monoisotopic (exact) mass is 1000 g/mol. The van der Waals surface area contributed by atoms with Gasteiger partial charge in [0, 0.05) is 22.2 Å². The van der Waals surface area contributed by atoms with Gasteiger partial charge in [-0.25, -0.2) is 9.67 Å². The Kier molecular flexibility index (Phi) is 36.4. The molecule has 3 heterocycles. The molecule has 0 aliphatic carbocycles. The van der Waals surface area contributed by atoms with Gasteiger partial charge in [0.05, 0.1) is 9.90 Å². The molecule has 5 N–H and O–H groups in total. The first-order chi connectivity index (χ1) is 28.0. The van der Waals surface area contributed by atoms with Crippen LogP contribution in [-0.2, 0) is 53.0 Å². The number of Topliss-reactive ketones (excluding diaryl/α,β-unsaturated/α-hetero) is 2. The first-order valence-electron chi connectivity index (χ1n) is 20.4. The van der Waals surface area contributed by atoms with Crippen LogP contribution in [0.15, 0.2) is 15.2 Å². The number of hydrogen-bond acceptors (Lipinski definition) is 16. The van der Waals surface area contributed by atoms with Crippen LogP contribution in [0.1, 0.15) is 186 Å². The van der Waals surface area contributed by atoms with E-state index in [2.05, 4.69) is 60.0 Å². The second-order valence-electron chi connectivity index (χ2n) is 21.1. The molecule has 2 aromatic heterocycles. The lowest BCUT2D eigenvalue weighted by Gasteiger charge is -2.18. The van der Waals surface area contributed by atoms with Gasteiger partial charge in [0.2, 0.25) is 0 Å². The molecule has 3 rings (SSSR count). The quantitative estimate of drug-likeness (QED) is 0.106. The fraction of sp³-hybridized carbons (Fsp3) is 0.857. The Hall–Kier alpha value is -3.70. The molecule has 0 radical (unpaired) electrons. The van der Waals surface area contributed by atoms with Crippen LogP contribution in [0.5, 0.6) is 0 Å². The fourth-order valence-electron chi connectivity index (χ4n) is 2.33. The molecule has 0 saturated heterocycles. The molecule has 25 heteroatoms. The molecular weight excluding hydrogens is 908 g/mol. The van der Waals surface area contributed by atoms with E-state index in [1.165, 1.54) is 48.5 Å². The lowest BCUT2D eigenvalue weighted by molar-refractivity contribution is -0.138. The number of rotatable bonds is 5. The summed E-state index contributed by atoms with van der Waals surface area (Å²) < 4.78 is 39.6. The standard InChI is InChI=1S/C8H14N4O.C7H12N4O2.C6H12O.C5H13BO.C5H9N3.C4H11O3P.C4H10O3S.3CH4/c1-6(13)5-12-7(8(2,3)4)9-10-11-12;1-7(2,3)6-8-10-11(9-6)4-5(12)13;1-5(7)6(2,3)4;1-5(2,3)6(4)7;1-4(2)5-6-3-7-8-5;2*1-4(2,3)8(5,6)7;;;/h5H2,1-4H3;4H2,1-3H3,(H,12,13);1-4H3;7H,1-4H3;4H,3H2,1-2H3;1-3H3,(H2,5,6,7);1-3H3,(H,5,6,7);3*1H4. The zero-order valence-electron chi connectivity index (χ0n) is 42.7. The van der Waals surface area contributed by atoms with Gasteiger partial charge in [0.15, 0.2) is 30.6 Å². The third-order valence-corrected chi connectivity index (χ3v) is 11.2. The van der Waals surface area contributed by atoms with Crippen LogP contribution in [0.25, 0.3) is 0 Å². The largest absolute Gasteiger partial charge is 0.480 e. The van der Waals surface area contributed by atoms with Gasteiger partial charge >= 0.3 is 13.6 Å². The topological polar surface area (TPSA) is 328 Å². The molecule has 0 spiro atoms. The Morgan fingerprint density at radius 3 is 1.36 bits per heavy atom. The molecule has 0 fully saturated rings. The number of aliphatic imine (C=N–C) groups is 1. The van der Waals surface area contributed by atoms with Crippen LogP contribution < -0.4 is 0 Å². The molecular formula is C42H93BN11O11PS. The molecule has 0 unspecified atom stereocenters. The van der Waals surface area contributed by atoms with Crippen molar-refractivity contribution in [2.45, 2.75) is 221 Å². The Bertz CT molecular complexity index is 1940. The third-order valence-electron chi connectivity index (χ3n) is 7.92. The van der Waals surface area contributed by atoms with Crippen molar-refractivity contribution in [3.63, 3.8) is 0 Å². The highest BCUT2D eigenvalue weighted by molar-refractivity contribution is 7.87. The average molecular weight is 1000 g/mol. The molecule has 0 atom stereocenters. The molecule has 2 aromatic rings. The van der Waals surface area contributed by atoms with Crippen LogP contribution in [0.3, 0.4) is 0 Å². The molecule has 1 aliphatic rings. The SMILES string of the molecule is C.C.C.CB(O)C(C)(C)C.CC(=O)C(C)(C)C.CC(=O)Cn1nnnc1C(C)(C)C.CC(C)(C)P(=O)(O)O.CC(C)(C)S(=O)(=O)O.CC(C)(C)c1nnn(CC(=O)O)n1.CC(C)C1=NCN=N1. The van der Waals surface area contributed by atoms with Gasteiger partial charge in [-0.05, 0) is 76.3 Å². The summed E-state index contributed by atoms with van der Waals surface area (Å²) in [5.74, 6) is 1.92. The predicted molar refractivity (Wildman–Crippen MR) is 270 cm³/mol. The van der Waals surface area contributed by atoms with Gasteiger partial charge in [-0.1, -0.05) is 126 Å². The second kappa shape index (κ2) is 31.4. The molecule has 22 nitrogen and oxygen atoms in total. The molecule has 0 amide bonds. The van der Waals surface area contributed by atoms with Crippen LogP contribution in [0.2, 0.25) is 12.1 Å². The van der Waals surface area contributed by atoms with E-state index in [0.717, 1.165) is 16.5 Å². The summed E-state index contributed by atoms with van der Waals surface area (Å²) in [4.78, 5) is 53.7. The lowest BCUT2D eigenvalue weighted by Crippen LogP contribution is -2.26. The first kappa shape index (κ1) is 77.5. The van der Waals surface area contributed by atoms with Crippen molar-refractivity contribution in [3.8, 4) is 0 Å². The number of carboxylic acids is 1. The minimum absolute atomic E-state index is 0. The molecule has 396 valence electrons. The Morgan fingerprint density at radius 1 is 0.776 bits per heavy atom. The molecule has 1 aliphatic heterocycles. The summed E-state index contributed by atoms with van der Waals surface area (Å²) in [7, 11) is -7.69. The van der Waals surface area contributed by atoms with E-state index in [1.807, 2.05) is 83.1 Å². The number of tetrazole rings is 2. The highest BCUT2D eigenvalue weighted by Gasteiger charge is 2.32. The van der Waals surface area contributed by atoms with Crippen LogP contribution in [0.4, 0.5) is 0 Å². The number of nitrogens with zero attached hydrogens (tertiary/aromatic N) is 11. The third kappa shape index (κ3) is 38.9. The van der Waals surface area contributed by atoms with E-state index in [4.69, 9.17) is 24.5 Å². The van der Waals surface area contributed by atoms with Gasteiger partial charge in [-0.2, -0.15) is 18.3 Å². The average Bonchev–Trinajstić information content (AvgIpc) is 3.82. The number of aliphatic carboxylic acids is 1. The normalized spacial score (nSPS) is 12.4. The zero-order chi connectivity index (χ0) is 52.3. The lowest BCUT2D eigenvalue weighted by atomic mass is 9.50. The van der Waals surface area contributed by atoms with E-state index in [9.17, 15) is 27.4 Å². The fourth-order valence-corrected chi connectivity index (χ4v) is 2.33. The van der Waals surface area contributed by atoms with Crippen LogP contribution in [0, 0.1) is 11.3 Å². The summed E-state index contributed by atoms with van der Waals surface area (Å²) in [6.07, 6.45) is 0. The number of carbonyl (C=O) groups excluding carboxylic acids is 2. The maximum absolute atomic E-state index is 10.9. The van der Waals surface area contributed by atoms with Gasteiger partial charge in [-0.3, -0.25) is 23.5 Å². The van der Waals surface area contributed by atoms with Crippen molar-refractivity contribution in [2.75, 3.05) is 6.67 Å². The van der Waals surface area contributed by atoms with E-state index in [0.29, 0.717) is 18.4 Å². The molecule has 0 saturated carbocycles. The number of hydrogen-bond donors (Lipinski definition) is 5. The van der Waals surface area contributed by atoms with Gasteiger partial charge < -0.3 is 19.9 Å². The number of amidine groups is 1. The maximum Gasteiger partial charge on any atom is 0.330 e. The summed E-state index contributed by atoms with van der Waals surface area (Å²) in [5.41, 5.74) is -0.463. The Balaban J connectivity index is -0.000000127. The Labute approximate surface area is 404 Å². The maximum atomic E-state index is 10.9. The van der Waals surface area contributed by atoms with E-state index >= 15 is 0 Å². The second-order valence-corrected chi connectivity index (χ2v) is 25.7. The minimum atomic E-state index is -3.85. The van der Waals surface area contributed by atoms with Crippen LogP contribution >= 0.6 is 7.60 Å². The number of carbonyl (C=O) groups is 3. The minimum Gasteiger partial charge on any atom is -0.480 e. The van der Waals surface area contributed by atoms with E-state index in [-0.39, 0.29) is 75.4 Å². The highest BCUT2D eigenvalue weighted by Crippen LogP contribution is 2.49. The summed E-state index contributed by atoms with van der Waals surface area (Å²) in [6, 6.07) is 0. The Morgan fingerprint density at radius 2 is 1.16 bits per heavy atom. The number of carboxylic acid groups (broad SMARTS) is 1. The van der Waals surface area contributed by atoms with Crippen molar-refractivity contribution in [1.29, 1.82) is 0 Å². The van der Waals surface area contributed by atoms with Gasteiger partial charge in [0.1, 0.15) is 18.2 Å². The highest BCUT2D eigenvalue weighted by atomic mass is 32.2. The number of azo groups is 1. The summed E-state index contributed by atoms with van der Waals surface area (Å²) >= 11 is 0. The van der Waals surface area contributed by atoms with Gasteiger partial charge in [-0.15, -0.1) is 20.4 Å². The van der Waals surface area contributed by atoms with E-state index < -0.39 is 33.6 Å². The smallest absolute Gasteiger partial charge is 0.330 e. The van der Waals surface area contributed by atoms with Crippen LogP contribution in [-0.4, -0.2) is 120 Å². The molecule has 0 aromatic carbocycles. The summed E-state index contributed by atoms with van der Waals surface area (Å²) in [5, 5.41) is 46.5.